The largest absolute Gasteiger partial charge is 0.416 e. The molecule has 0 amide bonds. The van der Waals surface area contributed by atoms with Crippen LogP contribution in [0.15, 0.2) is 29.3 Å². The normalized spacial score (nSPS) is 12.9. The third kappa shape index (κ3) is 3.27. The van der Waals surface area contributed by atoms with Crippen LogP contribution in [-0.2, 0) is 6.18 Å². The summed E-state index contributed by atoms with van der Waals surface area (Å²) < 4.78 is 36.6. The quantitative estimate of drug-likeness (QED) is 0.598. The van der Waals surface area contributed by atoms with E-state index in [1.807, 2.05) is 6.92 Å². The smallest absolute Gasteiger partial charge is 0.387 e. The van der Waals surface area contributed by atoms with Gasteiger partial charge in [-0.05, 0) is 24.3 Å². The van der Waals surface area contributed by atoms with Gasteiger partial charge in [-0.2, -0.15) is 13.2 Å². The van der Waals surface area contributed by atoms with E-state index < -0.39 is 11.7 Å². The first-order chi connectivity index (χ1) is 6.93. The summed E-state index contributed by atoms with van der Waals surface area (Å²) in [5.41, 5.74) is 5.21. The Bertz CT molecular complexity index is 352. The fourth-order valence-corrected chi connectivity index (χ4v) is 0.970. The highest BCUT2D eigenvalue weighted by atomic mass is 19.4. The summed E-state index contributed by atoms with van der Waals surface area (Å²) in [7, 11) is 0. The Labute approximate surface area is 85.6 Å². The van der Waals surface area contributed by atoms with Crippen molar-refractivity contribution >= 4 is 11.5 Å². The molecule has 0 unspecified atom stereocenters. The van der Waals surface area contributed by atoms with Crippen LogP contribution in [0, 0.1) is 0 Å². The summed E-state index contributed by atoms with van der Waals surface area (Å²) in [5, 5.41) is 0. The second kappa shape index (κ2) is 4.33. The monoisotopic (exact) mass is 216 g/mol. The van der Waals surface area contributed by atoms with Gasteiger partial charge in [-0.15, -0.1) is 0 Å². The molecule has 1 rings (SSSR count). The molecule has 0 radical (unpaired) electrons. The van der Waals surface area contributed by atoms with Crippen molar-refractivity contribution in [1.82, 2.24) is 0 Å². The average molecular weight is 216 g/mol. The first-order valence-corrected chi connectivity index (χ1v) is 4.43. The minimum atomic E-state index is -4.31. The number of hydrogen-bond acceptors (Lipinski definition) is 1. The number of hydrogen-bond donors (Lipinski definition) is 1. The number of benzene rings is 1. The van der Waals surface area contributed by atoms with E-state index in [0.717, 1.165) is 12.1 Å². The topological polar surface area (TPSA) is 38.4 Å². The lowest BCUT2D eigenvalue weighted by Crippen LogP contribution is -2.08. The lowest BCUT2D eigenvalue weighted by atomic mass is 10.2. The zero-order valence-electron chi connectivity index (χ0n) is 8.17. The maximum atomic E-state index is 12.2. The van der Waals surface area contributed by atoms with E-state index in [2.05, 4.69) is 4.99 Å². The van der Waals surface area contributed by atoms with Gasteiger partial charge < -0.3 is 5.73 Å². The number of rotatable bonds is 2. The Balaban J connectivity index is 2.91. The molecular formula is C10H11F3N2. The molecule has 0 spiro atoms. The van der Waals surface area contributed by atoms with Gasteiger partial charge in [-0.25, -0.2) is 4.99 Å². The Hall–Kier alpha value is -1.52. The summed E-state index contributed by atoms with van der Waals surface area (Å²) in [4.78, 5) is 3.93. The molecule has 1 aromatic rings. The van der Waals surface area contributed by atoms with Crippen molar-refractivity contribution in [3.05, 3.63) is 29.8 Å². The first kappa shape index (κ1) is 11.6. The molecule has 2 nitrogen and oxygen atoms in total. The van der Waals surface area contributed by atoms with E-state index in [4.69, 9.17) is 5.73 Å². The summed E-state index contributed by atoms with van der Waals surface area (Å²) in [6, 6.07) is 4.57. The highest BCUT2D eigenvalue weighted by molar-refractivity contribution is 5.82. The van der Waals surface area contributed by atoms with Gasteiger partial charge >= 0.3 is 6.18 Å². The minimum Gasteiger partial charge on any atom is -0.387 e. The Kier molecular flexibility index (Phi) is 3.34. The minimum absolute atomic E-state index is 0.398. The van der Waals surface area contributed by atoms with Crippen molar-refractivity contribution in [2.45, 2.75) is 19.5 Å². The molecule has 0 saturated carbocycles. The van der Waals surface area contributed by atoms with Gasteiger partial charge in [0.25, 0.3) is 0 Å². The van der Waals surface area contributed by atoms with Crippen molar-refractivity contribution in [3.8, 4) is 0 Å². The van der Waals surface area contributed by atoms with Crippen molar-refractivity contribution in [2.24, 2.45) is 10.7 Å². The highest BCUT2D eigenvalue weighted by Gasteiger charge is 2.29. The molecule has 5 heteroatoms. The van der Waals surface area contributed by atoms with Crippen LogP contribution in [0.4, 0.5) is 18.9 Å². The molecule has 0 aliphatic heterocycles. The Morgan fingerprint density at radius 3 is 2.20 bits per heavy atom. The van der Waals surface area contributed by atoms with E-state index in [1.54, 1.807) is 0 Å². The summed E-state index contributed by atoms with van der Waals surface area (Å²) in [6.07, 6.45) is -3.74. The van der Waals surface area contributed by atoms with Gasteiger partial charge in [0.2, 0.25) is 0 Å². The third-order valence-corrected chi connectivity index (χ3v) is 1.83. The molecule has 1 aromatic carbocycles. The predicted molar refractivity (Wildman–Crippen MR) is 53.0 cm³/mol. The van der Waals surface area contributed by atoms with Crippen molar-refractivity contribution in [1.29, 1.82) is 0 Å². The van der Waals surface area contributed by atoms with E-state index in [-0.39, 0.29) is 0 Å². The summed E-state index contributed by atoms with van der Waals surface area (Å²) in [5.74, 6) is 0.398. The Morgan fingerprint density at radius 1 is 1.27 bits per heavy atom. The maximum absolute atomic E-state index is 12.2. The van der Waals surface area contributed by atoms with Crippen LogP contribution in [-0.4, -0.2) is 5.84 Å². The zero-order valence-corrected chi connectivity index (χ0v) is 8.17. The molecular weight excluding hydrogens is 205 g/mol. The zero-order chi connectivity index (χ0) is 11.5. The number of nitrogens with zero attached hydrogens (tertiary/aromatic N) is 1. The third-order valence-electron chi connectivity index (χ3n) is 1.83. The number of aliphatic imine (C=N–C) groups is 1. The molecule has 2 N–H and O–H groups in total. The van der Waals surface area contributed by atoms with Crippen LogP contribution in [0.2, 0.25) is 0 Å². The van der Waals surface area contributed by atoms with E-state index >= 15 is 0 Å². The second-order valence-corrected chi connectivity index (χ2v) is 3.00. The Morgan fingerprint density at radius 2 is 1.80 bits per heavy atom. The van der Waals surface area contributed by atoms with Gasteiger partial charge in [0.1, 0.15) is 0 Å². The van der Waals surface area contributed by atoms with Crippen LogP contribution in [0.1, 0.15) is 18.9 Å². The molecule has 0 aromatic heterocycles. The van der Waals surface area contributed by atoms with Gasteiger partial charge in [0, 0.05) is 6.42 Å². The van der Waals surface area contributed by atoms with Crippen molar-refractivity contribution in [2.75, 3.05) is 0 Å². The van der Waals surface area contributed by atoms with Crippen LogP contribution >= 0.6 is 0 Å². The second-order valence-electron chi connectivity index (χ2n) is 3.00. The highest BCUT2D eigenvalue weighted by Crippen LogP contribution is 2.30. The number of alkyl halides is 3. The average Bonchev–Trinajstić information content (AvgIpc) is 2.17. The van der Waals surface area contributed by atoms with Crippen LogP contribution in [0.3, 0.4) is 0 Å². The number of amidine groups is 1. The van der Waals surface area contributed by atoms with Gasteiger partial charge in [0.15, 0.2) is 0 Å². The molecule has 0 heterocycles. The summed E-state index contributed by atoms with van der Waals surface area (Å²) >= 11 is 0. The standard InChI is InChI=1S/C10H11F3N2/c1-2-9(14)15-8-5-3-7(4-6-8)10(11,12)13/h3-6H,2H2,1H3,(H2,14,15). The summed E-state index contributed by atoms with van der Waals surface area (Å²) in [6.45, 7) is 1.82. The molecule has 0 saturated heterocycles. The lowest BCUT2D eigenvalue weighted by molar-refractivity contribution is -0.137. The molecule has 82 valence electrons. The van der Waals surface area contributed by atoms with E-state index in [1.165, 1.54) is 12.1 Å². The van der Waals surface area contributed by atoms with Crippen molar-refractivity contribution in [3.63, 3.8) is 0 Å². The SMILES string of the molecule is CCC(N)=Nc1ccc(C(F)(F)F)cc1. The molecule has 0 atom stereocenters. The van der Waals surface area contributed by atoms with Gasteiger partial charge in [0.05, 0.1) is 17.1 Å². The molecule has 0 aliphatic rings. The van der Waals surface area contributed by atoms with Gasteiger partial charge in [-0.1, -0.05) is 6.92 Å². The van der Waals surface area contributed by atoms with Crippen molar-refractivity contribution < 1.29 is 13.2 Å². The molecule has 0 fully saturated rings. The fraction of sp³-hybridized carbons (Fsp3) is 0.300. The number of halogens is 3. The molecule has 0 bridgehead atoms. The van der Waals surface area contributed by atoms with Crippen LogP contribution in [0.5, 0.6) is 0 Å². The van der Waals surface area contributed by atoms with E-state index in [0.29, 0.717) is 17.9 Å². The van der Waals surface area contributed by atoms with E-state index in [9.17, 15) is 13.2 Å². The fourth-order valence-electron chi connectivity index (χ4n) is 0.970. The predicted octanol–water partition coefficient (Wildman–Crippen LogP) is 3.10. The van der Waals surface area contributed by atoms with Crippen LogP contribution < -0.4 is 5.73 Å². The molecule has 15 heavy (non-hydrogen) atoms. The lowest BCUT2D eigenvalue weighted by Gasteiger charge is -2.05. The maximum Gasteiger partial charge on any atom is 0.416 e. The first-order valence-electron chi connectivity index (χ1n) is 4.43. The van der Waals surface area contributed by atoms with Crippen LogP contribution in [0.25, 0.3) is 0 Å². The number of nitrogens with two attached hydrogens (primary N) is 1. The molecule has 0 aliphatic carbocycles. The van der Waals surface area contributed by atoms with Gasteiger partial charge in [-0.3, -0.25) is 0 Å².